The molecular formula is C28H30N4O3. The molecule has 0 bridgehead atoms. The molecule has 0 atom stereocenters. The number of nitrogens with one attached hydrogen (secondary N) is 1. The van der Waals surface area contributed by atoms with E-state index in [9.17, 15) is 9.59 Å². The van der Waals surface area contributed by atoms with E-state index in [1.807, 2.05) is 18.2 Å². The van der Waals surface area contributed by atoms with Crippen molar-refractivity contribution < 1.29 is 14.3 Å². The van der Waals surface area contributed by atoms with E-state index in [-0.39, 0.29) is 17.4 Å². The van der Waals surface area contributed by atoms with Gasteiger partial charge < -0.3 is 19.5 Å². The van der Waals surface area contributed by atoms with Crippen molar-refractivity contribution in [1.29, 1.82) is 0 Å². The molecule has 1 saturated heterocycles. The van der Waals surface area contributed by atoms with E-state index < -0.39 is 0 Å². The molecule has 0 radical (unpaired) electrons. The Morgan fingerprint density at radius 1 is 0.914 bits per heavy atom. The van der Waals surface area contributed by atoms with Crippen molar-refractivity contribution in [3.8, 4) is 11.4 Å². The second kappa shape index (κ2) is 8.57. The van der Waals surface area contributed by atoms with E-state index in [0.29, 0.717) is 17.7 Å². The number of unbranched alkanes of at least 4 members (excludes halogenated alkanes) is 1. The van der Waals surface area contributed by atoms with E-state index in [4.69, 9.17) is 4.74 Å². The number of benzene rings is 2. The average Bonchev–Trinajstić information content (AvgIpc) is 3.48. The molecule has 35 heavy (non-hydrogen) atoms. The van der Waals surface area contributed by atoms with Crippen LogP contribution in [0.4, 0.5) is 5.69 Å². The molecule has 3 aliphatic heterocycles. The van der Waals surface area contributed by atoms with E-state index in [1.165, 1.54) is 10.6 Å². The Kier molecular flexibility index (Phi) is 5.37. The summed E-state index contributed by atoms with van der Waals surface area (Å²) in [6.07, 6.45) is 5.97. The molecule has 0 aliphatic carbocycles. The summed E-state index contributed by atoms with van der Waals surface area (Å²) in [6, 6.07) is 17.7. The number of imide groups is 1. The van der Waals surface area contributed by atoms with Crippen LogP contribution in [0.15, 0.2) is 60.8 Å². The number of piperidine rings is 1. The molecule has 1 spiro atoms. The number of methoxy groups -OCH3 is 1. The van der Waals surface area contributed by atoms with Gasteiger partial charge in [-0.1, -0.05) is 12.1 Å². The van der Waals surface area contributed by atoms with Crippen LogP contribution in [-0.2, 0) is 5.54 Å². The van der Waals surface area contributed by atoms with E-state index >= 15 is 0 Å². The summed E-state index contributed by atoms with van der Waals surface area (Å²) in [5, 5.41) is 3.86. The Morgan fingerprint density at radius 3 is 2.34 bits per heavy atom. The molecule has 2 aromatic carbocycles. The highest BCUT2D eigenvalue weighted by atomic mass is 16.5. The van der Waals surface area contributed by atoms with Gasteiger partial charge in [-0.25, -0.2) is 0 Å². The summed E-state index contributed by atoms with van der Waals surface area (Å²) in [7, 11) is 1.70. The summed E-state index contributed by atoms with van der Waals surface area (Å²) in [4.78, 5) is 29.0. The number of carbonyl (C=O) groups is 2. The molecule has 1 N–H and O–H groups in total. The Bertz CT molecular complexity index is 1250. The molecule has 7 nitrogen and oxygen atoms in total. The van der Waals surface area contributed by atoms with Crippen molar-refractivity contribution in [2.24, 2.45) is 0 Å². The van der Waals surface area contributed by atoms with Crippen LogP contribution in [0.25, 0.3) is 5.69 Å². The minimum atomic E-state index is -0.159. The number of nitrogens with zero attached hydrogens (tertiary/aromatic N) is 3. The van der Waals surface area contributed by atoms with Gasteiger partial charge in [-0.2, -0.15) is 0 Å². The van der Waals surface area contributed by atoms with Gasteiger partial charge in [-0.05, 0) is 68.6 Å². The number of amides is 2. The largest absolute Gasteiger partial charge is 0.497 e. The molecule has 4 heterocycles. The lowest BCUT2D eigenvalue weighted by atomic mass is 9.82. The summed E-state index contributed by atoms with van der Waals surface area (Å²) in [5.74, 6) is 0.542. The Morgan fingerprint density at radius 2 is 1.63 bits per heavy atom. The summed E-state index contributed by atoms with van der Waals surface area (Å²) in [5.41, 5.74) is 4.57. The number of rotatable bonds is 6. The zero-order valence-corrected chi connectivity index (χ0v) is 20.0. The maximum absolute atomic E-state index is 12.6. The molecule has 3 aliphatic rings. The minimum absolute atomic E-state index is 0.0838. The topological polar surface area (TPSA) is 66.8 Å². The van der Waals surface area contributed by atoms with Crippen LogP contribution < -0.4 is 10.1 Å². The molecule has 0 saturated carbocycles. The van der Waals surface area contributed by atoms with Gasteiger partial charge in [0.2, 0.25) is 0 Å². The number of carbonyl (C=O) groups excluding carboxylic acids is 2. The Hall–Kier alpha value is -3.58. The van der Waals surface area contributed by atoms with Gasteiger partial charge in [0.25, 0.3) is 11.8 Å². The first kappa shape index (κ1) is 21.9. The van der Waals surface area contributed by atoms with Crippen LogP contribution in [0.3, 0.4) is 0 Å². The molecule has 2 amide bonds. The lowest BCUT2D eigenvalue weighted by Gasteiger charge is -2.46. The molecule has 3 aromatic rings. The number of aromatic nitrogens is 1. The molecule has 1 aromatic heterocycles. The fourth-order valence-corrected chi connectivity index (χ4v) is 5.84. The van der Waals surface area contributed by atoms with Gasteiger partial charge in [-0.15, -0.1) is 0 Å². The van der Waals surface area contributed by atoms with Crippen LogP contribution in [0.2, 0.25) is 0 Å². The second-order valence-corrected chi connectivity index (χ2v) is 9.71. The number of likely N-dealkylation sites (tertiary alicyclic amines) is 1. The van der Waals surface area contributed by atoms with Crippen LogP contribution in [0.1, 0.15) is 52.1 Å². The third-order valence-electron chi connectivity index (χ3n) is 7.77. The highest BCUT2D eigenvalue weighted by Crippen LogP contribution is 2.44. The van der Waals surface area contributed by atoms with Gasteiger partial charge in [0.05, 0.1) is 35.2 Å². The zero-order chi connectivity index (χ0) is 24.0. The summed E-state index contributed by atoms with van der Waals surface area (Å²) < 4.78 is 7.77. The van der Waals surface area contributed by atoms with Crippen LogP contribution >= 0.6 is 0 Å². The van der Waals surface area contributed by atoms with Crippen LogP contribution in [0, 0.1) is 0 Å². The molecule has 180 valence electrons. The fourth-order valence-electron chi connectivity index (χ4n) is 5.84. The number of anilines is 1. The van der Waals surface area contributed by atoms with Crippen molar-refractivity contribution in [2.45, 2.75) is 31.2 Å². The number of ether oxygens (including phenoxy) is 1. The SMILES string of the molecule is COc1ccc2c(c1)NC1(CCN(CCCCN3C(=O)c4ccccc4C3=O)CC1)c1cccn1-2. The van der Waals surface area contributed by atoms with Crippen LogP contribution in [0.5, 0.6) is 5.75 Å². The van der Waals surface area contributed by atoms with Crippen molar-refractivity contribution in [1.82, 2.24) is 14.4 Å². The van der Waals surface area contributed by atoms with Crippen LogP contribution in [-0.4, -0.2) is 59.5 Å². The highest BCUT2D eigenvalue weighted by molar-refractivity contribution is 6.21. The monoisotopic (exact) mass is 470 g/mol. The molecular weight excluding hydrogens is 440 g/mol. The first-order chi connectivity index (χ1) is 17.1. The summed E-state index contributed by atoms with van der Waals surface area (Å²) in [6.45, 7) is 3.47. The lowest BCUT2D eigenvalue weighted by molar-refractivity contribution is 0.0649. The van der Waals surface area contributed by atoms with Crippen molar-refractivity contribution >= 4 is 17.5 Å². The van der Waals surface area contributed by atoms with Crippen molar-refractivity contribution in [2.75, 3.05) is 38.6 Å². The van der Waals surface area contributed by atoms with Gasteiger partial charge in [0, 0.05) is 37.6 Å². The fraction of sp³-hybridized carbons (Fsp3) is 0.357. The van der Waals surface area contributed by atoms with Crippen molar-refractivity contribution in [3.63, 3.8) is 0 Å². The number of fused-ring (bicyclic) bond motifs is 5. The quantitative estimate of drug-likeness (QED) is 0.430. The zero-order valence-electron chi connectivity index (χ0n) is 20.0. The Balaban J connectivity index is 1.05. The minimum Gasteiger partial charge on any atom is -0.497 e. The van der Waals surface area contributed by atoms with Gasteiger partial charge in [0.1, 0.15) is 5.75 Å². The van der Waals surface area contributed by atoms with Gasteiger partial charge in [-0.3, -0.25) is 14.5 Å². The number of hydrogen-bond acceptors (Lipinski definition) is 5. The maximum Gasteiger partial charge on any atom is 0.261 e. The van der Waals surface area contributed by atoms with E-state index in [0.717, 1.165) is 62.4 Å². The third kappa shape index (κ3) is 3.62. The van der Waals surface area contributed by atoms with Gasteiger partial charge in [0.15, 0.2) is 0 Å². The molecule has 6 rings (SSSR count). The second-order valence-electron chi connectivity index (χ2n) is 9.71. The first-order valence-corrected chi connectivity index (χ1v) is 12.4. The predicted molar refractivity (Wildman–Crippen MR) is 134 cm³/mol. The molecule has 0 unspecified atom stereocenters. The highest BCUT2D eigenvalue weighted by Gasteiger charge is 2.41. The summed E-state index contributed by atoms with van der Waals surface area (Å²) >= 11 is 0. The molecule has 7 heteroatoms. The predicted octanol–water partition coefficient (Wildman–Crippen LogP) is 4.28. The van der Waals surface area contributed by atoms with E-state index in [1.54, 1.807) is 19.2 Å². The van der Waals surface area contributed by atoms with Crippen molar-refractivity contribution in [3.05, 3.63) is 77.6 Å². The molecule has 1 fully saturated rings. The van der Waals surface area contributed by atoms with E-state index in [2.05, 4.69) is 45.2 Å². The maximum atomic E-state index is 12.6. The first-order valence-electron chi connectivity index (χ1n) is 12.4. The standard InChI is InChI=1S/C28H30N4O3/c1-35-20-10-11-24-23(19-20)29-28(25-9-6-16-31(24)25)12-17-30(18-13-28)14-4-5-15-32-26(33)21-7-2-3-8-22(21)27(32)34/h2-3,6-11,16,19,29H,4-5,12-15,17-18H2,1H3. The normalized spacial score (nSPS) is 18.3. The lowest BCUT2D eigenvalue weighted by Crippen LogP contribution is -2.49. The third-order valence-corrected chi connectivity index (χ3v) is 7.77. The smallest absolute Gasteiger partial charge is 0.261 e. The Labute approximate surface area is 205 Å². The average molecular weight is 471 g/mol. The van der Waals surface area contributed by atoms with Gasteiger partial charge >= 0.3 is 0 Å². The number of hydrogen-bond donors (Lipinski definition) is 1.